The van der Waals surface area contributed by atoms with Crippen molar-refractivity contribution < 1.29 is 23.6 Å². The highest BCUT2D eigenvalue weighted by atomic mass is 19.1. The van der Waals surface area contributed by atoms with Gasteiger partial charge in [0.25, 0.3) is 11.6 Å². The molecule has 0 bridgehead atoms. The first-order chi connectivity index (χ1) is 15.8. The van der Waals surface area contributed by atoms with Crippen molar-refractivity contribution in [3.63, 3.8) is 0 Å². The zero-order chi connectivity index (χ0) is 23.5. The van der Waals surface area contributed by atoms with Crippen LogP contribution < -0.4 is 4.90 Å². The number of rotatable bonds is 5. The number of carbonyl (C=O) groups is 2. The fraction of sp³-hybridized carbons (Fsp3) is 0.261. The first kappa shape index (κ1) is 22.1. The number of ether oxygens (including phenoxy) is 1. The van der Waals surface area contributed by atoms with E-state index in [0.717, 1.165) is 5.69 Å². The predicted octanol–water partition coefficient (Wildman–Crippen LogP) is 3.10. The molecule has 0 spiro atoms. The molecule has 10 heteroatoms. The van der Waals surface area contributed by atoms with E-state index in [-0.39, 0.29) is 17.2 Å². The van der Waals surface area contributed by atoms with E-state index in [1.165, 1.54) is 30.3 Å². The molecule has 0 atom stereocenters. The standard InChI is InChI=1S/C23H21FN4O5/c1-15-20(12-16-2-3-17(24)13-21(16)25-15)23(30)33-14-22(29)27-10-8-26(9-11-27)18-4-6-19(7-5-18)28(31)32/h2-7,12-13H,8-11,14H2,1H3. The van der Waals surface area contributed by atoms with Crippen LogP contribution in [0.25, 0.3) is 10.9 Å². The Bertz CT molecular complexity index is 1220. The Morgan fingerprint density at radius 2 is 1.79 bits per heavy atom. The number of halogens is 1. The molecule has 0 unspecified atom stereocenters. The number of pyridine rings is 1. The maximum Gasteiger partial charge on any atom is 0.340 e. The molecule has 33 heavy (non-hydrogen) atoms. The van der Waals surface area contributed by atoms with Crippen LogP contribution in [0.5, 0.6) is 0 Å². The summed E-state index contributed by atoms with van der Waals surface area (Å²) in [5.41, 5.74) is 1.93. The van der Waals surface area contributed by atoms with Crippen LogP contribution in [0.2, 0.25) is 0 Å². The summed E-state index contributed by atoms with van der Waals surface area (Å²) in [5, 5.41) is 11.4. The van der Waals surface area contributed by atoms with Crippen molar-refractivity contribution in [1.82, 2.24) is 9.88 Å². The average Bonchev–Trinajstić information content (AvgIpc) is 2.82. The van der Waals surface area contributed by atoms with E-state index in [1.54, 1.807) is 30.0 Å². The number of nitrogens with zero attached hydrogens (tertiary/aromatic N) is 4. The zero-order valence-electron chi connectivity index (χ0n) is 17.9. The Hall–Kier alpha value is -4.08. The Labute approximate surface area is 188 Å². The molecular weight excluding hydrogens is 431 g/mol. The van der Waals surface area contributed by atoms with Crippen molar-refractivity contribution in [2.45, 2.75) is 6.92 Å². The zero-order valence-corrected chi connectivity index (χ0v) is 17.9. The molecule has 2 heterocycles. The fourth-order valence-corrected chi connectivity index (χ4v) is 3.74. The van der Waals surface area contributed by atoms with Gasteiger partial charge in [-0.05, 0) is 37.3 Å². The summed E-state index contributed by atoms with van der Waals surface area (Å²) in [6, 6.07) is 12.0. The molecule has 9 nitrogen and oxygen atoms in total. The smallest absolute Gasteiger partial charge is 0.340 e. The van der Waals surface area contributed by atoms with E-state index >= 15 is 0 Å². The highest BCUT2D eigenvalue weighted by molar-refractivity contribution is 5.96. The molecule has 1 saturated heterocycles. The number of fused-ring (bicyclic) bond motifs is 1. The summed E-state index contributed by atoms with van der Waals surface area (Å²) in [5.74, 6) is -1.38. The van der Waals surface area contributed by atoms with Gasteiger partial charge in [-0.1, -0.05) is 0 Å². The Morgan fingerprint density at radius 1 is 1.09 bits per heavy atom. The molecule has 3 aromatic rings. The van der Waals surface area contributed by atoms with Gasteiger partial charge in [0.05, 0.1) is 21.7 Å². The number of nitro groups is 1. The molecule has 4 rings (SSSR count). The highest BCUT2D eigenvalue weighted by Gasteiger charge is 2.23. The van der Waals surface area contributed by atoms with Crippen LogP contribution in [0.3, 0.4) is 0 Å². The number of hydrogen-bond donors (Lipinski definition) is 0. The van der Waals surface area contributed by atoms with Crippen LogP contribution in [-0.2, 0) is 9.53 Å². The normalized spacial score (nSPS) is 13.8. The van der Waals surface area contributed by atoms with Crippen LogP contribution in [-0.4, -0.2) is 59.5 Å². The molecule has 1 aromatic heterocycles. The average molecular weight is 452 g/mol. The lowest BCUT2D eigenvalue weighted by atomic mass is 10.1. The summed E-state index contributed by atoms with van der Waals surface area (Å²) < 4.78 is 18.6. The molecule has 170 valence electrons. The van der Waals surface area contributed by atoms with Gasteiger partial charge in [-0.15, -0.1) is 0 Å². The van der Waals surface area contributed by atoms with Crippen molar-refractivity contribution in [3.05, 3.63) is 75.7 Å². The van der Waals surface area contributed by atoms with Gasteiger partial charge in [-0.25, -0.2) is 9.18 Å². The van der Waals surface area contributed by atoms with E-state index in [9.17, 15) is 24.1 Å². The van der Waals surface area contributed by atoms with Crippen LogP contribution in [0, 0.1) is 22.9 Å². The van der Waals surface area contributed by atoms with Crippen LogP contribution in [0.4, 0.5) is 15.8 Å². The second-order valence-corrected chi connectivity index (χ2v) is 7.68. The van der Waals surface area contributed by atoms with Gasteiger partial charge in [0, 0.05) is 55.5 Å². The second-order valence-electron chi connectivity index (χ2n) is 7.68. The van der Waals surface area contributed by atoms with Crippen LogP contribution in [0.15, 0.2) is 48.5 Å². The lowest BCUT2D eigenvalue weighted by Crippen LogP contribution is -2.49. The SMILES string of the molecule is Cc1nc2cc(F)ccc2cc1C(=O)OCC(=O)N1CCN(c2ccc([N+](=O)[O-])cc2)CC1. The van der Waals surface area contributed by atoms with Gasteiger partial charge in [-0.2, -0.15) is 0 Å². The molecule has 0 N–H and O–H groups in total. The number of nitro benzene ring substituents is 1. The summed E-state index contributed by atoms with van der Waals surface area (Å²) in [6.45, 7) is 3.23. The first-order valence-corrected chi connectivity index (χ1v) is 10.3. The summed E-state index contributed by atoms with van der Waals surface area (Å²) in [4.78, 5) is 43.3. The number of aryl methyl sites for hydroxylation is 1. The van der Waals surface area contributed by atoms with E-state index in [2.05, 4.69) is 4.98 Å². The third-order valence-corrected chi connectivity index (χ3v) is 5.57. The number of aromatic nitrogens is 1. The lowest BCUT2D eigenvalue weighted by Gasteiger charge is -2.36. The summed E-state index contributed by atoms with van der Waals surface area (Å²) >= 11 is 0. The van der Waals surface area contributed by atoms with Crippen LogP contribution >= 0.6 is 0 Å². The predicted molar refractivity (Wildman–Crippen MR) is 119 cm³/mol. The van der Waals surface area contributed by atoms with Gasteiger partial charge in [-0.3, -0.25) is 19.9 Å². The topological polar surface area (TPSA) is 106 Å². The fourth-order valence-electron chi connectivity index (χ4n) is 3.74. The van der Waals surface area contributed by atoms with Gasteiger partial charge in [0.1, 0.15) is 5.82 Å². The largest absolute Gasteiger partial charge is 0.452 e. The van der Waals surface area contributed by atoms with E-state index in [4.69, 9.17) is 4.74 Å². The Kier molecular flexibility index (Phi) is 6.16. The molecule has 0 radical (unpaired) electrons. The molecular formula is C23H21FN4O5. The maximum atomic E-state index is 13.4. The lowest BCUT2D eigenvalue weighted by molar-refractivity contribution is -0.384. The molecule has 2 aromatic carbocycles. The first-order valence-electron chi connectivity index (χ1n) is 10.3. The number of amides is 1. The molecule has 1 aliphatic rings. The monoisotopic (exact) mass is 452 g/mol. The van der Waals surface area contributed by atoms with Crippen molar-refractivity contribution in [3.8, 4) is 0 Å². The van der Waals surface area contributed by atoms with Crippen molar-refractivity contribution >= 4 is 34.2 Å². The quantitative estimate of drug-likeness (QED) is 0.333. The molecule has 1 fully saturated rings. The third kappa shape index (κ3) is 4.89. The molecule has 0 aliphatic carbocycles. The second kappa shape index (κ2) is 9.19. The minimum absolute atomic E-state index is 0.0263. The van der Waals surface area contributed by atoms with E-state index in [1.807, 2.05) is 4.90 Å². The number of benzene rings is 2. The summed E-state index contributed by atoms with van der Waals surface area (Å²) in [6.07, 6.45) is 0. The number of anilines is 1. The highest BCUT2D eigenvalue weighted by Crippen LogP contribution is 2.21. The Morgan fingerprint density at radius 3 is 2.45 bits per heavy atom. The summed E-state index contributed by atoms with van der Waals surface area (Å²) in [7, 11) is 0. The number of esters is 1. The molecule has 0 saturated carbocycles. The minimum atomic E-state index is -0.663. The van der Waals surface area contributed by atoms with Crippen molar-refractivity contribution in [2.24, 2.45) is 0 Å². The van der Waals surface area contributed by atoms with Crippen molar-refractivity contribution in [1.29, 1.82) is 0 Å². The van der Waals surface area contributed by atoms with Gasteiger partial charge < -0.3 is 14.5 Å². The molecule has 1 amide bonds. The van der Waals surface area contributed by atoms with Crippen LogP contribution in [0.1, 0.15) is 16.1 Å². The number of carbonyl (C=O) groups excluding carboxylic acids is 2. The number of piperazine rings is 1. The minimum Gasteiger partial charge on any atom is -0.452 e. The van der Waals surface area contributed by atoms with Gasteiger partial charge in [0.15, 0.2) is 6.61 Å². The Balaban J connectivity index is 1.32. The van der Waals surface area contributed by atoms with Crippen molar-refractivity contribution in [2.75, 3.05) is 37.7 Å². The van der Waals surface area contributed by atoms with E-state index in [0.29, 0.717) is 42.8 Å². The number of hydrogen-bond acceptors (Lipinski definition) is 7. The maximum absolute atomic E-state index is 13.4. The van der Waals surface area contributed by atoms with Gasteiger partial charge >= 0.3 is 5.97 Å². The van der Waals surface area contributed by atoms with Gasteiger partial charge in [0.2, 0.25) is 0 Å². The molecule has 1 aliphatic heterocycles. The third-order valence-electron chi connectivity index (χ3n) is 5.57. The number of non-ortho nitro benzene ring substituents is 1. The van der Waals surface area contributed by atoms with E-state index < -0.39 is 23.3 Å².